The average Bonchev–Trinajstić information content (AvgIpc) is 2.49. The Morgan fingerprint density at radius 3 is 2.57 bits per heavy atom. The molecule has 0 amide bonds. The summed E-state index contributed by atoms with van der Waals surface area (Å²) in [4.78, 5) is 10.1. The molecule has 2 rings (SSSR count). The van der Waals surface area contributed by atoms with E-state index in [4.69, 9.17) is 4.74 Å². The fourth-order valence-electron chi connectivity index (χ4n) is 1.15. The van der Waals surface area contributed by atoms with Crippen molar-refractivity contribution in [2.75, 3.05) is 0 Å². The van der Waals surface area contributed by atoms with Gasteiger partial charge >= 0.3 is 0 Å². The Kier molecular flexibility index (Phi) is 2.02. The Balaban J connectivity index is 2.46. The second kappa shape index (κ2) is 3.33. The summed E-state index contributed by atoms with van der Waals surface area (Å²) in [6.07, 6.45) is 11.4. The van der Waals surface area contributed by atoms with E-state index in [-0.39, 0.29) is 5.70 Å². The first kappa shape index (κ1) is 8.50. The summed E-state index contributed by atoms with van der Waals surface area (Å²) < 4.78 is 5.34. The van der Waals surface area contributed by atoms with Gasteiger partial charge in [-0.1, -0.05) is 12.2 Å². The molecule has 0 saturated carbocycles. The first-order chi connectivity index (χ1) is 6.75. The van der Waals surface area contributed by atoms with Crippen LogP contribution in [0.3, 0.4) is 0 Å². The van der Waals surface area contributed by atoms with Gasteiger partial charge < -0.3 is 4.74 Å². The van der Waals surface area contributed by atoms with Gasteiger partial charge in [-0.3, -0.25) is 10.1 Å². The quantitative estimate of drug-likeness (QED) is 0.468. The Hall–Kier alpha value is -2.10. The number of nitro groups is 1. The van der Waals surface area contributed by atoms with Gasteiger partial charge in [0.05, 0.1) is 11.0 Å². The van der Waals surface area contributed by atoms with E-state index in [0.29, 0.717) is 11.5 Å². The predicted octanol–water partition coefficient (Wildman–Crippen LogP) is 2.07. The molecule has 0 saturated heterocycles. The predicted molar refractivity (Wildman–Crippen MR) is 50.6 cm³/mol. The fraction of sp³-hybridized carbons (Fsp3) is 0. The number of hydrogen-bond acceptors (Lipinski definition) is 3. The summed E-state index contributed by atoms with van der Waals surface area (Å²) in [5, 5.41) is 10.5. The zero-order valence-electron chi connectivity index (χ0n) is 7.21. The molecule has 0 aromatic heterocycles. The number of allylic oxidation sites excluding steroid dienone is 7. The molecule has 70 valence electrons. The topological polar surface area (TPSA) is 52.4 Å². The molecular formula is C10H7NO3. The SMILES string of the molecule is O=[N+]([O-])C1=CC2=CC=CC=C(C=C1)O2. The lowest BCUT2D eigenvalue weighted by Crippen LogP contribution is -1.95. The molecule has 0 atom stereocenters. The van der Waals surface area contributed by atoms with Crippen molar-refractivity contribution >= 4 is 0 Å². The Bertz CT molecular complexity index is 425. The van der Waals surface area contributed by atoms with E-state index >= 15 is 0 Å². The van der Waals surface area contributed by atoms with Gasteiger partial charge in [0.1, 0.15) is 11.5 Å². The molecule has 2 bridgehead atoms. The largest absolute Gasteiger partial charge is 0.457 e. The zero-order valence-corrected chi connectivity index (χ0v) is 7.21. The van der Waals surface area contributed by atoms with Crippen molar-refractivity contribution < 1.29 is 9.66 Å². The molecule has 0 aliphatic carbocycles. The lowest BCUT2D eigenvalue weighted by molar-refractivity contribution is -0.419. The van der Waals surface area contributed by atoms with Crippen molar-refractivity contribution in [3.63, 3.8) is 0 Å². The minimum absolute atomic E-state index is 0.0231. The van der Waals surface area contributed by atoms with Gasteiger partial charge in [-0.2, -0.15) is 0 Å². The van der Waals surface area contributed by atoms with Crippen molar-refractivity contribution in [2.24, 2.45) is 0 Å². The van der Waals surface area contributed by atoms with Gasteiger partial charge in [0.15, 0.2) is 0 Å². The van der Waals surface area contributed by atoms with Crippen LogP contribution in [-0.2, 0) is 4.74 Å². The van der Waals surface area contributed by atoms with Gasteiger partial charge in [-0.25, -0.2) is 0 Å². The molecule has 2 aliphatic heterocycles. The minimum atomic E-state index is -0.442. The summed E-state index contributed by atoms with van der Waals surface area (Å²) >= 11 is 0. The van der Waals surface area contributed by atoms with Crippen molar-refractivity contribution in [1.82, 2.24) is 0 Å². The summed E-state index contributed by atoms with van der Waals surface area (Å²) in [6, 6.07) is 0. The van der Waals surface area contributed by atoms with Crippen molar-refractivity contribution in [1.29, 1.82) is 0 Å². The first-order valence-corrected chi connectivity index (χ1v) is 4.06. The third-order valence-electron chi connectivity index (χ3n) is 1.79. The third-order valence-corrected chi connectivity index (χ3v) is 1.79. The third kappa shape index (κ3) is 1.64. The Morgan fingerprint density at radius 1 is 1.14 bits per heavy atom. The van der Waals surface area contributed by atoms with Gasteiger partial charge in [0.25, 0.3) is 5.70 Å². The first-order valence-electron chi connectivity index (χ1n) is 4.06. The molecule has 14 heavy (non-hydrogen) atoms. The van der Waals surface area contributed by atoms with Crippen LogP contribution < -0.4 is 0 Å². The molecule has 0 fully saturated rings. The number of nitrogens with zero attached hydrogens (tertiary/aromatic N) is 1. The molecule has 4 heteroatoms. The van der Waals surface area contributed by atoms with E-state index in [2.05, 4.69) is 0 Å². The number of fused-ring (bicyclic) bond motifs is 2. The van der Waals surface area contributed by atoms with Gasteiger partial charge in [0.2, 0.25) is 0 Å². The highest BCUT2D eigenvalue weighted by Crippen LogP contribution is 2.19. The fourth-order valence-corrected chi connectivity index (χ4v) is 1.15. The molecule has 0 spiro atoms. The summed E-state index contributed by atoms with van der Waals surface area (Å²) in [7, 11) is 0. The van der Waals surface area contributed by atoms with E-state index in [1.807, 2.05) is 6.08 Å². The van der Waals surface area contributed by atoms with Crippen LogP contribution in [0.15, 0.2) is 59.7 Å². The molecule has 0 aromatic carbocycles. The number of rotatable bonds is 1. The highest BCUT2D eigenvalue weighted by molar-refractivity contribution is 5.37. The van der Waals surface area contributed by atoms with E-state index in [9.17, 15) is 10.1 Å². The minimum Gasteiger partial charge on any atom is -0.457 e. The normalized spacial score (nSPS) is 18.4. The van der Waals surface area contributed by atoms with E-state index in [1.54, 1.807) is 24.3 Å². The summed E-state index contributed by atoms with van der Waals surface area (Å²) in [5.41, 5.74) is 0.0231. The van der Waals surface area contributed by atoms with Crippen LogP contribution in [0.25, 0.3) is 0 Å². The number of hydrogen-bond donors (Lipinski definition) is 0. The van der Waals surface area contributed by atoms with Crippen LogP contribution in [0.1, 0.15) is 0 Å². The van der Waals surface area contributed by atoms with Crippen LogP contribution in [-0.4, -0.2) is 4.92 Å². The molecule has 4 nitrogen and oxygen atoms in total. The van der Waals surface area contributed by atoms with Crippen LogP contribution in [0.2, 0.25) is 0 Å². The Labute approximate surface area is 80.3 Å². The monoisotopic (exact) mass is 189 g/mol. The lowest BCUT2D eigenvalue weighted by atomic mass is 10.3. The van der Waals surface area contributed by atoms with Gasteiger partial charge in [-0.15, -0.1) is 0 Å². The molecular weight excluding hydrogens is 182 g/mol. The maximum absolute atomic E-state index is 10.5. The maximum atomic E-state index is 10.5. The second-order valence-electron chi connectivity index (χ2n) is 2.78. The molecule has 0 aromatic rings. The van der Waals surface area contributed by atoms with E-state index in [0.717, 1.165) is 0 Å². The lowest BCUT2D eigenvalue weighted by Gasteiger charge is -2.01. The Morgan fingerprint density at radius 2 is 1.86 bits per heavy atom. The van der Waals surface area contributed by atoms with Gasteiger partial charge in [-0.05, 0) is 18.2 Å². The van der Waals surface area contributed by atoms with E-state index in [1.165, 1.54) is 12.2 Å². The van der Waals surface area contributed by atoms with Crippen molar-refractivity contribution in [3.8, 4) is 0 Å². The van der Waals surface area contributed by atoms with Gasteiger partial charge in [0, 0.05) is 6.08 Å². The number of ether oxygens (including phenoxy) is 1. The second-order valence-corrected chi connectivity index (χ2v) is 2.78. The van der Waals surface area contributed by atoms with Crippen LogP contribution in [0, 0.1) is 10.1 Å². The maximum Gasteiger partial charge on any atom is 0.273 e. The van der Waals surface area contributed by atoms with Crippen LogP contribution in [0.5, 0.6) is 0 Å². The molecule has 0 radical (unpaired) electrons. The van der Waals surface area contributed by atoms with Crippen molar-refractivity contribution in [3.05, 3.63) is 69.9 Å². The van der Waals surface area contributed by atoms with Crippen LogP contribution in [0.4, 0.5) is 0 Å². The molecule has 0 unspecified atom stereocenters. The van der Waals surface area contributed by atoms with Crippen LogP contribution >= 0.6 is 0 Å². The zero-order chi connectivity index (χ0) is 9.97. The molecule has 0 N–H and O–H groups in total. The highest BCUT2D eigenvalue weighted by Gasteiger charge is 2.13. The molecule has 2 heterocycles. The highest BCUT2D eigenvalue weighted by atomic mass is 16.6. The van der Waals surface area contributed by atoms with Crippen molar-refractivity contribution in [2.45, 2.75) is 0 Å². The standard InChI is InChI=1S/C10H7NO3/c12-11(13)8-5-6-9-3-1-2-4-10(7-8)14-9/h1-7H. The average molecular weight is 189 g/mol. The summed E-state index contributed by atoms with van der Waals surface area (Å²) in [5.74, 6) is 1.07. The molecule has 2 aliphatic rings. The smallest absolute Gasteiger partial charge is 0.273 e. The van der Waals surface area contributed by atoms with E-state index < -0.39 is 4.92 Å². The summed E-state index contributed by atoms with van der Waals surface area (Å²) in [6.45, 7) is 0.